The molecule has 1 aromatic carbocycles. The summed E-state index contributed by atoms with van der Waals surface area (Å²) in [6, 6.07) is 8.93. The molecular weight excluding hydrogens is 244 g/mol. The van der Waals surface area contributed by atoms with Crippen LogP contribution < -0.4 is 15.0 Å². The van der Waals surface area contributed by atoms with Crippen LogP contribution in [0.3, 0.4) is 0 Å². The second-order valence-electron chi connectivity index (χ2n) is 4.63. The number of benzene rings is 1. The standard InChI is InChI=1S/C14H22N2OS/c1-16(9-7-12-11-18-10-8-15-12)13-3-5-14(17-2)6-4-13/h3-6,12,15H,7-11H2,1-2H3. The highest BCUT2D eigenvalue weighted by atomic mass is 32.2. The summed E-state index contributed by atoms with van der Waals surface area (Å²) in [7, 11) is 3.85. The van der Waals surface area contributed by atoms with Crippen molar-refractivity contribution in [3.8, 4) is 5.75 Å². The van der Waals surface area contributed by atoms with Crippen molar-refractivity contribution < 1.29 is 4.74 Å². The SMILES string of the molecule is COc1ccc(N(C)CCC2CSCCN2)cc1. The van der Waals surface area contributed by atoms with Gasteiger partial charge in [0, 0.05) is 43.4 Å². The van der Waals surface area contributed by atoms with Crippen molar-refractivity contribution in [3.63, 3.8) is 0 Å². The van der Waals surface area contributed by atoms with E-state index in [-0.39, 0.29) is 0 Å². The molecule has 1 N–H and O–H groups in total. The van der Waals surface area contributed by atoms with Gasteiger partial charge in [-0.2, -0.15) is 11.8 Å². The number of hydrogen-bond acceptors (Lipinski definition) is 4. The van der Waals surface area contributed by atoms with Crippen molar-refractivity contribution >= 4 is 17.4 Å². The Kier molecular flexibility index (Phi) is 5.20. The molecule has 4 heteroatoms. The molecule has 1 saturated heterocycles. The van der Waals surface area contributed by atoms with Gasteiger partial charge < -0.3 is 15.0 Å². The molecule has 1 fully saturated rings. The molecule has 100 valence electrons. The Hall–Kier alpha value is -0.870. The summed E-state index contributed by atoms with van der Waals surface area (Å²) in [5.74, 6) is 3.42. The summed E-state index contributed by atoms with van der Waals surface area (Å²) in [6.45, 7) is 2.24. The largest absolute Gasteiger partial charge is 0.497 e. The number of hydrogen-bond donors (Lipinski definition) is 1. The first-order valence-electron chi connectivity index (χ1n) is 6.46. The molecule has 1 atom stereocenters. The van der Waals surface area contributed by atoms with E-state index in [9.17, 15) is 0 Å². The first-order chi connectivity index (χ1) is 8.79. The Bertz CT molecular complexity index is 349. The Morgan fingerprint density at radius 2 is 2.17 bits per heavy atom. The second kappa shape index (κ2) is 6.90. The first kappa shape index (κ1) is 13.6. The van der Waals surface area contributed by atoms with Gasteiger partial charge in [0.25, 0.3) is 0 Å². The Morgan fingerprint density at radius 3 is 2.78 bits per heavy atom. The van der Waals surface area contributed by atoms with Crippen molar-refractivity contribution in [1.29, 1.82) is 0 Å². The topological polar surface area (TPSA) is 24.5 Å². The number of rotatable bonds is 5. The lowest BCUT2D eigenvalue weighted by atomic mass is 10.2. The molecule has 1 heterocycles. The van der Waals surface area contributed by atoms with Crippen molar-refractivity contribution in [1.82, 2.24) is 5.32 Å². The van der Waals surface area contributed by atoms with Crippen molar-refractivity contribution in [2.24, 2.45) is 0 Å². The predicted octanol–water partition coefficient (Wildman–Crippen LogP) is 2.23. The van der Waals surface area contributed by atoms with Crippen molar-refractivity contribution in [2.75, 3.05) is 43.7 Å². The third-order valence-electron chi connectivity index (χ3n) is 3.32. The van der Waals surface area contributed by atoms with E-state index in [1.807, 2.05) is 12.1 Å². The minimum Gasteiger partial charge on any atom is -0.497 e. The van der Waals surface area contributed by atoms with Crippen LogP contribution >= 0.6 is 11.8 Å². The fourth-order valence-corrected chi connectivity index (χ4v) is 3.12. The molecular formula is C14H22N2OS. The fraction of sp³-hybridized carbons (Fsp3) is 0.571. The first-order valence-corrected chi connectivity index (χ1v) is 7.61. The summed E-state index contributed by atoms with van der Waals surface area (Å²) in [6.07, 6.45) is 1.20. The van der Waals surface area contributed by atoms with Gasteiger partial charge in [0.05, 0.1) is 7.11 Å². The highest BCUT2D eigenvalue weighted by Crippen LogP contribution is 2.19. The summed E-state index contributed by atoms with van der Waals surface area (Å²) in [5, 5.41) is 3.58. The van der Waals surface area contributed by atoms with Crippen LogP contribution in [0.15, 0.2) is 24.3 Å². The molecule has 1 unspecified atom stereocenters. The van der Waals surface area contributed by atoms with Crippen LogP contribution in [-0.2, 0) is 0 Å². The van der Waals surface area contributed by atoms with E-state index in [4.69, 9.17) is 4.74 Å². The van der Waals surface area contributed by atoms with E-state index in [1.165, 1.54) is 23.6 Å². The van der Waals surface area contributed by atoms with E-state index >= 15 is 0 Å². The maximum atomic E-state index is 5.17. The molecule has 0 amide bonds. The number of nitrogens with zero attached hydrogens (tertiary/aromatic N) is 1. The Balaban J connectivity index is 1.80. The van der Waals surface area contributed by atoms with Gasteiger partial charge >= 0.3 is 0 Å². The lowest BCUT2D eigenvalue weighted by molar-refractivity contribution is 0.415. The quantitative estimate of drug-likeness (QED) is 0.883. The van der Waals surface area contributed by atoms with Gasteiger partial charge in [0.15, 0.2) is 0 Å². The van der Waals surface area contributed by atoms with E-state index in [1.54, 1.807) is 7.11 Å². The predicted molar refractivity (Wildman–Crippen MR) is 80.0 cm³/mol. The van der Waals surface area contributed by atoms with Gasteiger partial charge in [-0.25, -0.2) is 0 Å². The van der Waals surface area contributed by atoms with Gasteiger partial charge in [-0.15, -0.1) is 0 Å². The molecule has 3 nitrogen and oxygen atoms in total. The zero-order valence-electron chi connectivity index (χ0n) is 11.2. The van der Waals surface area contributed by atoms with Gasteiger partial charge in [-0.3, -0.25) is 0 Å². The molecule has 0 saturated carbocycles. The third-order valence-corrected chi connectivity index (χ3v) is 4.46. The van der Waals surface area contributed by atoms with Crippen LogP contribution in [0.4, 0.5) is 5.69 Å². The highest BCUT2D eigenvalue weighted by Gasteiger charge is 2.13. The average molecular weight is 266 g/mol. The molecule has 0 aromatic heterocycles. The van der Waals surface area contributed by atoms with Crippen LogP contribution in [0, 0.1) is 0 Å². The zero-order chi connectivity index (χ0) is 12.8. The minimum atomic E-state index is 0.671. The molecule has 1 aromatic rings. The summed E-state index contributed by atoms with van der Waals surface area (Å²) < 4.78 is 5.17. The number of thioether (sulfide) groups is 1. The number of ether oxygens (including phenoxy) is 1. The molecule has 1 aliphatic rings. The van der Waals surface area contributed by atoms with E-state index in [0.717, 1.165) is 18.8 Å². The normalized spacial score (nSPS) is 19.6. The molecule has 1 aliphatic heterocycles. The average Bonchev–Trinajstić information content (AvgIpc) is 2.46. The van der Waals surface area contributed by atoms with Crippen LogP contribution in [0.25, 0.3) is 0 Å². The summed E-state index contributed by atoms with van der Waals surface area (Å²) in [4.78, 5) is 2.31. The van der Waals surface area contributed by atoms with Gasteiger partial charge in [-0.05, 0) is 30.7 Å². The van der Waals surface area contributed by atoms with E-state index in [0.29, 0.717) is 6.04 Å². The second-order valence-corrected chi connectivity index (χ2v) is 5.78. The maximum absolute atomic E-state index is 5.17. The molecule has 18 heavy (non-hydrogen) atoms. The Labute approximate surface area is 114 Å². The Morgan fingerprint density at radius 1 is 1.39 bits per heavy atom. The lowest BCUT2D eigenvalue weighted by Crippen LogP contribution is -2.39. The van der Waals surface area contributed by atoms with Crippen LogP contribution in [-0.4, -0.2) is 44.8 Å². The molecule has 0 aliphatic carbocycles. The summed E-state index contributed by atoms with van der Waals surface area (Å²) in [5.41, 5.74) is 1.25. The molecule has 0 radical (unpaired) electrons. The van der Waals surface area contributed by atoms with Gasteiger partial charge in [-0.1, -0.05) is 0 Å². The van der Waals surface area contributed by atoms with Gasteiger partial charge in [0.1, 0.15) is 5.75 Å². The number of anilines is 1. The third kappa shape index (κ3) is 3.82. The smallest absolute Gasteiger partial charge is 0.119 e. The lowest BCUT2D eigenvalue weighted by Gasteiger charge is -2.26. The molecule has 0 bridgehead atoms. The summed E-state index contributed by atoms with van der Waals surface area (Å²) >= 11 is 2.06. The molecule has 0 spiro atoms. The highest BCUT2D eigenvalue weighted by molar-refractivity contribution is 7.99. The van der Waals surface area contributed by atoms with Gasteiger partial charge in [0.2, 0.25) is 0 Å². The number of methoxy groups -OCH3 is 1. The number of nitrogens with one attached hydrogen (secondary N) is 1. The van der Waals surface area contributed by atoms with Crippen LogP contribution in [0.2, 0.25) is 0 Å². The maximum Gasteiger partial charge on any atom is 0.119 e. The monoisotopic (exact) mass is 266 g/mol. The fourth-order valence-electron chi connectivity index (χ4n) is 2.12. The van der Waals surface area contributed by atoms with Crippen molar-refractivity contribution in [2.45, 2.75) is 12.5 Å². The zero-order valence-corrected chi connectivity index (χ0v) is 12.0. The van der Waals surface area contributed by atoms with Crippen LogP contribution in [0.1, 0.15) is 6.42 Å². The van der Waals surface area contributed by atoms with E-state index in [2.05, 4.69) is 41.2 Å². The van der Waals surface area contributed by atoms with Crippen LogP contribution in [0.5, 0.6) is 5.75 Å². The van der Waals surface area contributed by atoms with Crippen molar-refractivity contribution in [3.05, 3.63) is 24.3 Å². The minimum absolute atomic E-state index is 0.671. The molecule has 2 rings (SSSR count). The van der Waals surface area contributed by atoms with E-state index < -0.39 is 0 Å².